The van der Waals surface area contributed by atoms with Gasteiger partial charge in [0.1, 0.15) is 0 Å². The third kappa shape index (κ3) is 5.10. The molecular formula is C16H23N3O2. The van der Waals surface area contributed by atoms with Crippen LogP contribution in [0.2, 0.25) is 0 Å². The Hall–Kier alpha value is -2.04. The van der Waals surface area contributed by atoms with Crippen molar-refractivity contribution >= 4 is 17.5 Å². The third-order valence-corrected chi connectivity index (χ3v) is 3.72. The minimum Gasteiger partial charge on any atom is -0.399 e. The third-order valence-electron chi connectivity index (χ3n) is 3.72. The van der Waals surface area contributed by atoms with E-state index in [2.05, 4.69) is 5.32 Å². The SMILES string of the molecule is Nc1ccc(CCNC(=O)CN2CCCCCC2=O)cc1. The summed E-state index contributed by atoms with van der Waals surface area (Å²) in [6.45, 7) is 1.45. The zero-order valence-electron chi connectivity index (χ0n) is 12.3. The van der Waals surface area contributed by atoms with Crippen molar-refractivity contribution in [1.82, 2.24) is 10.2 Å². The molecule has 5 nitrogen and oxygen atoms in total. The number of carbonyl (C=O) groups excluding carboxylic acids is 2. The summed E-state index contributed by atoms with van der Waals surface area (Å²) < 4.78 is 0. The van der Waals surface area contributed by atoms with E-state index in [1.54, 1.807) is 4.90 Å². The summed E-state index contributed by atoms with van der Waals surface area (Å²) in [6.07, 6.45) is 4.33. The van der Waals surface area contributed by atoms with Crippen LogP contribution in [-0.2, 0) is 16.0 Å². The van der Waals surface area contributed by atoms with Crippen molar-refractivity contribution in [2.75, 3.05) is 25.4 Å². The molecule has 0 radical (unpaired) electrons. The van der Waals surface area contributed by atoms with E-state index in [0.717, 1.165) is 36.9 Å². The maximum Gasteiger partial charge on any atom is 0.239 e. The second-order valence-corrected chi connectivity index (χ2v) is 5.47. The summed E-state index contributed by atoms with van der Waals surface area (Å²) in [6, 6.07) is 7.62. The number of hydrogen-bond donors (Lipinski definition) is 2. The highest BCUT2D eigenvalue weighted by molar-refractivity contribution is 5.84. The minimum absolute atomic E-state index is 0.0827. The number of amides is 2. The minimum atomic E-state index is -0.0827. The van der Waals surface area contributed by atoms with Gasteiger partial charge in [0.25, 0.3) is 0 Å². The van der Waals surface area contributed by atoms with Gasteiger partial charge in [-0.1, -0.05) is 18.6 Å². The highest BCUT2D eigenvalue weighted by atomic mass is 16.2. The van der Waals surface area contributed by atoms with E-state index >= 15 is 0 Å². The molecule has 0 aromatic heterocycles. The van der Waals surface area contributed by atoms with Gasteiger partial charge in [0, 0.05) is 25.2 Å². The summed E-state index contributed by atoms with van der Waals surface area (Å²) in [7, 11) is 0. The predicted octanol–water partition coefficient (Wildman–Crippen LogP) is 1.33. The Labute approximate surface area is 125 Å². The van der Waals surface area contributed by atoms with Gasteiger partial charge in [-0.2, -0.15) is 0 Å². The molecule has 1 heterocycles. The Bertz CT molecular complexity index is 485. The van der Waals surface area contributed by atoms with Crippen molar-refractivity contribution in [3.63, 3.8) is 0 Å². The van der Waals surface area contributed by atoms with Gasteiger partial charge >= 0.3 is 0 Å². The topological polar surface area (TPSA) is 75.4 Å². The molecule has 3 N–H and O–H groups in total. The van der Waals surface area contributed by atoms with E-state index < -0.39 is 0 Å². The molecule has 1 aliphatic heterocycles. The van der Waals surface area contributed by atoms with Gasteiger partial charge in [-0.3, -0.25) is 9.59 Å². The Morgan fingerprint density at radius 1 is 1.19 bits per heavy atom. The Morgan fingerprint density at radius 2 is 1.95 bits per heavy atom. The number of anilines is 1. The molecule has 114 valence electrons. The van der Waals surface area contributed by atoms with Crippen molar-refractivity contribution in [2.24, 2.45) is 0 Å². The smallest absolute Gasteiger partial charge is 0.239 e. The average molecular weight is 289 g/mol. The zero-order chi connectivity index (χ0) is 15.1. The first-order valence-corrected chi connectivity index (χ1v) is 7.54. The Balaban J connectivity index is 1.71. The highest BCUT2D eigenvalue weighted by Crippen LogP contribution is 2.10. The first-order valence-electron chi connectivity index (χ1n) is 7.54. The predicted molar refractivity (Wildman–Crippen MR) is 82.6 cm³/mol. The Morgan fingerprint density at radius 3 is 2.71 bits per heavy atom. The first kappa shape index (κ1) is 15.4. The lowest BCUT2D eigenvalue weighted by atomic mass is 10.1. The van der Waals surface area contributed by atoms with Crippen LogP contribution in [0.4, 0.5) is 5.69 Å². The summed E-state index contributed by atoms with van der Waals surface area (Å²) in [5.41, 5.74) is 7.50. The van der Waals surface area contributed by atoms with Crippen LogP contribution >= 0.6 is 0 Å². The van der Waals surface area contributed by atoms with Gasteiger partial charge in [-0.25, -0.2) is 0 Å². The molecule has 1 saturated heterocycles. The van der Waals surface area contributed by atoms with Crippen molar-refractivity contribution in [3.8, 4) is 0 Å². The van der Waals surface area contributed by atoms with Crippen LogP contribution < -0.4 is 11.1 Å². The van der Waals surface area contributed by atoms with Crippen LogP contribution in [0.25, 0.3) is 0 Å². The van der Waals surface area contributed by atoms with E-state index in [4.69, 9.17) is 5.73 Å². The van der Waals surface area contributed by atoms with Crippen LogP contribution in [0.3, 0.4) is 0 Å². The van der Waals surface area contributed by atoms with Crippen LogP contribution in [0.15, 0.2) is 24.3 Å². The standard InChI is InChI=1S/C16H23N3O2/c17-14-7-5-13(6-8-14)9-10-18-15(20)12-19-11-3-1-2-4-16(19)21/h5-8H,1-4,9-12,17H2,(H,18,20). The molecule has 2 rings (SSSR count). The highest BCUT2D eigenvalue weighted by Gasteiger charge is 2.18. The van der Waals surface area contributed by atoms with Gasteiger partial charge in [0.15, 0.2) is 0 Å². The lowest BCUT2D eigenvalue weighted by molar-refractivity contribution is -0.135. The fourth-order valence-corrected chi connectivity index (χ4v) is 2.47. The maximum absolute atomic E-state index is 11.9. The number of likely N-dealkylation sites (tertiary alicyclic amines) is 1. The first-order chi connectivity index (χ1) is 10.1. The molecule has 1 aromatic rings. The van der Waals surface area contributed by atoms with Crippen molar-refractivity contribution < 1.29 is 9.59 Å². The molecule has 5 heteroatoms. The zero-order valence-corrected chi connectivity index (χ0v) is 12.3. The number of nitrogens with two attached hydrogens (primary N) is 1. The fourth-order valence-electron chi connectivity index (χ4n) is 2.47. The summed E-state index contributed by atoms with van der Waals surface area (Å²) in [5, 5.41) is 2.87. The van der Waals surface area contributed by atoms with E-state index in [1.165, 1.54) is 0 Å². The molecule has 0 bridgehead atoms. The van der Waals surface area contributed by atoms with Crippen molar-refractivity contribution in [1.29, 1.82) is 0 Å². The van der Waals surface area contributed by atoms with E-state index in [0.29, 0.717) is 19.5 Å². The quantitative estimate of drug-likeness (QED) is 0.803. The molecular weight excluding hydrogens is 266 g/mol. The summed E-state index contributed by atoms with van der Waals surface area (Å²) in [5.74, 6) is 0.0156. The molecule has 0 spiro atoms. The number of carbonyl (C=O) groups is 2. The lowest BCUT2D eigenvalue weighted by Gasteiger charge is -2.19. The van der Waals surface area contributed by atoms with Crippen LogP contribution in [0.5, 0.6) is 0 Å². The van der Waals surface area contributed by atoms with Gasteiger partial charge in [0.05, 0.1) is 6.54 Å². The van der Waals surface area contributed by atoms with Gasteiger partial charge in [-0.05, 0) is 37.0 Å². The number of benzene rings is 1. The maximum atomic E-state index is 11.9. The molecule has 0 saturated carbocycles. The molecule has 0 unspecified atom stereocenters. The number of nitrogen functional groups attached to an aromatic ring is 1. The van der Waals surface area contributed by atoms with E-state index in [-0.39, 0.29) is 18.4 Å². The average Bonchev–Trinajstić information content (AvgIpc) is 2.66. The van der Waals surface area contributed by atoms with Crippen LogP contribution in [0.1, 0.15) is 31.2 Å². The monoisotopic (exact) mass is 289 g/mol. The fraction of sp³-hybridized carbons (Fsp3) is 0.500. The van der Waals surface area contributed by atoms with Crippen LogP contribution in [0, 0.1) is 0 Å². The van der Waals surface area contributed by atoms with Crippen molar-refractivity contribution in [3.05, 3.63) is 29.8 Å². The van der Waals surface area contributed by atoms with E-state index in [9.17, 15) is 9.59 Å². The molecule has 1 fully saturated rings. The molecule has 2 amide bonds. The van der Waals surface area contributed by atoms with Crippen molar-refractivity contribution in [2.45, 2.75) is 32.1 Å². The second kappa shape index (κ2) is 7.67. The second-order valence-electron chi connectivity index (χ2n) is 5.47. The number of nitrogens with one attached hydrogen (secondary N) is 1. The lowest BCUT2D eigenvalue weighted by Crippen LogP contribution is -2.41. The molecule has 21 heavy (non-hydrogen) atoms. The van der Waals surface area contributed by atoms with E-state index in [1.807, 2.05) is 24.3 Å². The van der Waals surface area contributed by atoms with Crippen LogP contribution in [-0.4, -0.2) is 36.3 Å². The Kier molecular flexibility index (Phi) is 5.60. The normalized spacial score (nSPS) is 15.6. The van der Waals surface area contributed by atoms with Gasteiger partial charge in [0.2, 0.25) is 11.8 Å². The summed E-state index contributed by atoms with van der Waals surface area (Å²) in [4.78, 5) is 25.4. The van der Waals surface area contributed by atoms with Gasteiger partial charge < -0.3 is 16.0 Å². The number of hydrogen-bond acceptors (Lipinski definition) is 3. The van der Waals surface area contributed by atoms with Gasteiger partial charge in [-0.15, -0.1) is 0 Å². The number of rotatable bonds is 5. The molecule has 0 aliphatic carbocycles. The molecule has 0 atom stereocenters. The molecule has 1 aliphatic rings. The largest absolute Gasteiger partial charge is 0.399 e. The molecule has 1 aromatic carbocycles. The summed E-state index contributed by atoms with van der Waals surface area (Å²) >= 11 is 0. The number of nitrogens with zero attached hydrogens (tertiary/aromatic N) is 1.